The summed E-state index contributed by atoms with van der Waals surface area (Å²) in [5, 5.41) is 4.18. The Bertz CT molecular complexity index is 935. The smallest absolute Gasteiger partial charge is 0.258 e. The van der Waals surface area contributed by atoms with Crippen molar-refractivity contribution in [3.05, 3.63) is 47.5 Å². The van der Waals surface area contributed by atoms with Crippen molar-refractivity contribution >= 4 is 0 Å². The number of rotatable bonds is 8. The van der Waals surface area contributed by atoms with E-state index in [0.717, 1.165) is 23.2 Å². The van der Waals surface area contributed by atoms with Gasteiger partial charge in [-0.2, -0.15) is 4.98 Å². The second-order valence-electron chi connectivity index (χ2n) is 6.84. The van der Waals surface area contributed by atoms with Crippen molar-refractivity contribution in [2.24, 2.45) is 0 Å². The lowest BCUT2D eigenvalue weighted by Crippen LogP contribution is -2.10. The molecule has 0 unspecified atom stereocenters. The van der Waals surface area contributed by atoms with Crippen LogP contribution in [-0.2, 0) is 6.54 Å². The number of aryl methyl sites for hydroxylation is 1. The maximum Gasteiger partial charge on any atom is 0.258 e. The molecule has 3 aromatic rings. The summed E-state index contributed by atoms with van der Waals surface area (Å²) >= 11 is 0. The molecule has 0 atom stereocenters. The molecule has 1 aromatic heterocycles. The number of ether oxygens (including phenoxy) is 2. The lowest BCUT2D eigenvalue weighted by Gasteiger charge is -2.11. The summed E-state index contributed by atoms with van der Waals surface area (Å²) in [7, 11) is 4.12. The van der Waals surface area contributed by atoms with E-state index in [1.807, 2.05) is 38.1 Å². The lowest BCUT2D eigenvalue weighted by molar-refractivity contribution is 0.288. The van der Waals surface area contributed by atoms with Gasteiger partial charge in [-0.25, -0.2) is 0 Å². The molecule has 0 aliphatic heterocycles. The first-order valence-corrected chi connectivity index (χ1v) is 9.50. The lowest BCUT2D eigenvalue weighted by atomic mass is 10.0. The van der Waals surface area contributed by atoms with Gasteiger partial charge in [0.05, 0.1) is 13.2 Å². The van der Waals surface area contributed by atoms with E-state index in [0.29, 0.717) is 36.4 Å². The van der Waals surface area contributed by atoms with Gasteiger partial charge in [-0.15, -0.1) is 0 Å². The van der Waals surface area contributed by atoms with Crippen molar-refractivity contribution in [1.29, 1.82) is 0 Å². The summed E-state index contributed by atoms with van der Waals surface area (Å²) < 4.78 is 16.8. The molecule has 0 amide bonds. The molecule has 148 valence electrons. The van der Waals surface area contributed by atoms with Crippen molar-refractivity contribution < 1.29 is 14.0 Å². The van der Waals surface area contributed by atoms with Crippen LogP contribution >= 0.6 is 0 Å². The predicted octanol–water partition coefficient (Wildman–Crippen LogP) is 4.57. The fourth-order valence-electron chi connectivity index (χ4n) is 3.07. The molecule has 0 fully saturated rings. The van der Waals surface area contributed by atoms with Gasteiger partial charge in [0.1, 0.15) is 0 Å². The van der Waals surface area contributed by atoms with Gasteiger partial charge in [0, 0.05) is 17.7 Å². The van der Waals surface area contributed by atoms with E-state index in [-0.39, 0.29) is 0 Å². The standard InChI is InChI=1S/C22H27N3O3/c1-6-26-19-11-9-17(13-20(19)27-7-2)22-23-21(24-28-22)18-10-8-16(12-15(18)3)14-25(4)5/h8-13H,6-7,14H2,1-5H3. The molecular formula is C22H27N3O3. The summed E-state index contributed by atoms with van der Waals surface area (Å²) in [6.45, 7) is 7.97. The minimum absolute atomic E-state index is 0.454. The zero-order valence-electron chi connectivity index (χ0n) is 17.2. The Balaban J connectivity index is 1.89. The van der Waals surface area contributed by atoms with Crippen LogP contribution in [0.1, 0.15) is 25.0 Å². The van der Waals surface area contributed by atoms with E-state index in [1.54, 1.807) is 0 Å². The minimum atomic E-state index is 0.454. The van der Waals surface area contributed by atoms with Crippen LogP contribution in [0.25, 0.3) is 22.8 Å². The molecule has 0 aliphatic rings. The molecule has 0 radical (unpaired) electrons. The van der Waals surface area contributed by atoms with Gasteiger partial charge >= 0.3 is 0 Å². The fraction of sp³-hybridized carbons (Fsp3) is 0.364. The third kappa shape index (κ3) is 4.51. The van der Waals surface area contributed by atoms with Gasteiger partial charge in [0.15, 0.2) is 11.5 Å². The van der Waals surface area contributed by atoms with Gasteiger partial charge in [-0.3, -0.25) is 0 Å². The molecule has 0 spiro atoms. The molecule has 6 nitrogen and oxygen atoms in total. The van der Waals surface area contributed by atoms with Crippen molar-refractivity contribution in [3.8, 4) is 34.3 Å². The molecule has 0 saturated carbocycles. The third-order valence-electron chi connectivity index (χ3n) is 4.25. The van der Waals surface area contributed by atoms with Gasteiger partial charge in [0.2, 0.25) is 5.82 Å². The highest BCUT2D eigenvalue weighted by Gasteiger charge is 2.15. The van der Waals surface area contributed by atoms with E-state index in [1.165, 1.54) is 5.56 Å². The molecule has 2 aromatic carbocycles. The van der Waals surface area contributed by atoms with Gasteiger partial charge in [-0.05, 0) is 64.2 Å². The quantitative estimate of drug-likeness (QED) is 0.570. The summed E-state index contributed by atoms with van der Waals surface area (Å²) in [5.41, 5.74) is 4.14. The topological polar surface area (TPSA) is 60.6 Å². The fourth-order valence-corrected chi connectivity index (χ4v) is 3.07. The van der Waals surface area contributed by atoms with Crippen LogP contribution in [0.2, 0.25) is 0 Å². The Morgan fingerprint density at radius 3 is 2.39 bits per heavy atom. The summed E-state index contributed by atoms with van der Waals surface area (Å²) in [5.74, 6) is 2.41. The summed E-state index contributed by atoms with van der Waals surface area (Å²) in [4.78, 5) is 6.74. The first kappa shape index (κ1) is 19.9. The highest BCUT2D eigenvalue weighted by Crippen LogP contribution is 2.33. The molecule has 3 rings (SSSR count). The van der Waals surface area contributed by atoms with Crippen LogP contribution in [0, 0.1) is 6.92 Å². The molecule has 0 N–H and O–H groups in total. The average molecular weight is 381 g/mol. The highest BCUT2D eigenvalue weighted by molar-refractivity contribution is 5.65. The first-order valence-electron chi connectivity index (χ1n) is 9.50. The number of aromatic nitrogens is 2. The van der Waals surface area contributed by atoms with Crippen molar-refractivity contribution in [3.63, 3.8) is 0 Å². The van der Waals surface area contributed by atoms with Crippen molar-refractivity contribution in [2.45, 2.75) is 27.3 Å². The van der Waals surface area contributed by atoms with Crippen LogP contribution in [0.15, 0.2) is 40.9 Å². The molecule has 0 saturated heterocycles. The second kappa shape index (κ2) is 8.89. The normalized spacial score (nSPS) is 11.1. The zero-order chi connectivity index (χ0) is 20.1. The number of hydrogen-bond acceptors (Lipinski definition) is 6. The zero-order valence-corrected chi connectivity index (χ0v) is 17.2. The van der Waals surface area contributed by atoms with Crippen LogP contribution < -0.4 is 9.47 Å². The average Bonchev–Trinajstić information content (AvgIpc) is 3.13. The maximum atomic E-state index is 5.69. The van der Waals surface area contributed by atoms with E-state index >= 15 is 0 Å². The molecule has 0 bridgehead atoms. The third-order valence-corrected chi connectivity index (χ3v) is 4.25. The van der Waals surface area contributed by atoms with E-state index in [4.69, 9.17) is 14.0 Å². The number of hydrogen-bond donors (Lipinski definition) is 0. The largest absolute Gasteiger partial charge is 0.490 e. The van der Waals surface area contributed by atoms with E-state index < -0.39 is 0 Å². The molecule has 1 heterocycles. The van der Waals surface area contributed by atoms with Crippen LogP contribution in [0.5, 0.6) is 11.5 Å². The Hall–Kier alpha value is -2.86. The van der Waals surface area contributed by atoms with Crippen LogP contribution in [0.3, 0.4) is 0 Å². The van der Waals surface area contributed by atoms with Crippen molar-refractivity contribution in [1.82, 2.24) is 15.0 Å². The van der Waals surface area contributed by atoms with Gasteiger partial charge < -0.3 is 18.9 Å². The van der Waals surface area contributed by atoms with E-state index in [9.17, 15) is 0 Å². The minimum Gasteiger partial charge on any atom is -0.490 e. The second-order valence-corrected chi connectivity index (χ2v) is 6.84. The molecule has 6 heteroatoms. The van der Waals surface area contributed by atoms with Crippen molar-refractivity contribution in [2.75, 3.05) is 27.3 Å². The summed E-state index contributed by atoms with van der Waals surface area (Å²) in [6.07, 6.45) is 0. The Kier molecular flexibility index (Phi) is 6.31. The number of nitrogens with zero attached hydrogens (tertiary/aromatic N) is 3. The number of benzene rings is 2. The predicted molar refractivity (Wildman–Crippen MR) is 110 cm³/mol. The highest BCUT2D eigenvalue weighted by atomic mass is 16.5. The molecule has 28 heavy (non-hydrogen) atoms. The van der Waals surface area contributed by atoms with Gasteiger partial charge in [0.25, 0.3) is 5.89 Å². The maximum absolute atomic E-state index is 5.69. The Morgan fingerprint density at radius 1 is 0.964 bits per heavy atom. The van der Waals surface area contributed by atoms with Crippen LogP contribution in [0.4, 0.5) is 0 Å². The van der Waals surface area contributed by atoms with Gasteiger partial charge in [-0.1, -0.05) is 23.4 Å². The van der Waals surface area contributed by atoms with Crippen LogP contribution in [-0.4, -0.2) is 42.3 Å². The Labute approximate surface area is 166 Å². The SMILES string of the molecule is CCOc1ccc(-c2nc(-c3ccc(CN(C)C)cc3C)no2)cc1OCC. The molecule has 0 aliphatic carbocycles. The summed E-state index contributed by atoms with van der Waals surface area (Å²) in [6, 6.07) is 12.0. The molecular weight excluding hydrogens is 354 g/mol. The Morgan fingerprint density at radius 2 is 1.71 bits per heavy atom. The first-order chi connectivity index (χ1) is 13.5. The monoisotopic (exact) mass is 381 g/mol. The van der Waals surface area contributed by atoms with E-state index in [2.05, 4.69) is 48.2 Å².